The number of rotatable bonds is 8. The van der Waals surface area contributed by atoms with Crippen molar-refractivity contribution in [3.05, 3.63) is 35.9 Å². The van der Waals surface area contributed by atoms with E-state index in [-0.39, 0.29) is 64.7 Å². The van der Waals surface area contributed by atoms with Gasteiger partial charge in [-0.1, -0.05) is 37.8 Å². The number of likely N-dealkylation sites (N-methyl/N-ethyl adjacent to an activating group) is 4. The molecular weight excluding hydrogens is 893 g/mol. The van der Waals surface area contributed by atoms with E-state index >= 15 is 0 Å². The minimum absolute atomic E-state index is 0. The second-order valence-corrected chi connectivity index (χ2v) is 26.9. The Morgan fingerprint density at radius 2 is 0.634 bits per heavy atom. The van der Waals surface area contributed by atoms with Gasteiger partial charge in [0.1, 0.15) is 0 Å². The van der Waals surface area contributed by atoms with Gasteiger partial charge >= 0.3 is 0 Å². The molecule has 5 saturated heterocycles. The lowest BCUT2D eigenvalue weighted by atomic mass is 9.87. The molecule has 0 unspecified atom stereocenters. The zero-order valence-corrected chi connectivity index (χ0v) is 48.5. The van der Waals surface area contributed by atoms with Crippen LogP contribution in [0.5, 0.6) is 0 Å². The number of carbonyl (C=O) groups is 5. The van der Waals surface area contributed by atoms with Crippen molar-refractivity contribution in [2.45, 2.75) is 208 Å². The van der Waals surface area contributed by atoms with E-state index < -0.39 is 27.7 Å². The molecule has 5 heterocycles. The first-order chi connectivity index (χ1) is 31.4. The third-order valence-corrected chi connectivity index (χ3v) is 17.1. The summed E-state index contributed by atoms with van der Waals surface area (Å²) in [5.41, 5.74) is -1.87. The standard InChI is InChI=1S/C20H38N4O2.C19H36N4O2.C16H24N2O.CH4/c1-17(2)13-23(15(25)19(5,6)21(17)9)11-12-24-14-18(3,4)22(10)20(7,8)16(24)26;1-16(2)12-22(14(24)18(5,6)20-16)10-11-23-13-17(3,4)21(9)19(7,8)15(23)25;1-15(2)12-18(11-13-9-7-6-8-10-13)14(19)16(3,4)17(15)5;/h11-14H2,1-10H3;20H,10-13H2,1-9H3;6-10H,11-12H2,1-5H3;1H4. The molecule has 1 N–H and O–H groups in total. The van der Waals surface area contributed by atoms with Crippen molar-refractivity contribution in [2.24, 2.45) is 0 Å². The average molecular weight is 995 g/mol. The van der Waals surface area contributed by atoms with Crippen LogP contribution in [-0.2, 0) is 30.5 Å². The quantitative estimate of drug-likeness (QED) is 0.327. The second kappa shape index (κ2) is 20.6. The fraction of sp³-hybridized carbons (Fsp3) is 0.804. The Kier molecular flexibility index (Phi) is 17.9. The van der Waals surface area contributed by atoms with Crippen LogP contribution < -0.4 is 5.32 Å². The minimum atomic E-state index is -0.577. The van der Waals surface area contributed by atoms with Crippen LogP contribution in [-0.4, -0.2) is 216 Å². The molecule has 71 heavy (non-hydrogen) atoms. The number of amides is 5. The van der Waals surface area contributed by atoms with Gasteiger partial charge in [-0.2, -0.15) is 0 Å². The summed E-state index contributed by atoms with van der Waals surface area (Å²) < 4.78 is 0. The van der Waals surface area contributed by atoms with Crippen molar-refractivity contribution in [3.63, 3.8) is 0 Å². The van der Waals surface area contributed by atoms with Gasteiger partial charge in [0.25, 0.3) is 0 Å². The van der Waals surface area contributed by atoms with Crippen LogP contribution in [0.4, 0.5) is 0 Å². The van der Waals surface area contributed by atoms with Crippen molar-refractivity contribution in [1.82, 2.24) is 49.4 Å². The molecule has 0 aliphatic carbocycles. The first-order valence-corrected chi connectivity index (χ1v) is 25.7. The molecule has 0 radical (unpaired) electrons. The van der Waals surface area contributed by atoms with Crippen LogP contribution >= 0.6 is 0 Å². The van der Waals surface area contributed by atoms with Crippen LogP contribution in [0.3, 0.4) is 0 Å². The molecule has 0 atom stereocenters. The number of nitrogens with one attached hydrogen (secondary N) is 1. The van der Waals surface area contributed by atoms with Crippen molar-refractivity contribution in [3.8, 4) is 0 Å². The molecule has 1 aromatic carbocycles. The zero-order valence-electron chi connectivity index (χ0n) is 48.5. The molecule has 0 bridgehead atoms. The second-order valence-electron chi connectivity index (χ2n) is 26.9. The number of nitrogens with zero attached hydrogens (tertiary/aromatic N) is 9. The van der Waals surface area contributed by atoms with Gasteiger partial charge in [0.2, 0.25) is 29.5 Å². The molecule has 15 nitrogen and oxygen atoms in total. The Bertz CT molecular complexity index is 2040. The molecule has 0 aromatic heterocycles. The normalized spacial score (nSPS) is 26.5. The lowest BCUT2D eigenvalue weighted by Crippen LogP contribution is -2.72. The zero-order chi connectivity index (χ0) is 54.0. The molecule has 5 amide bonds. The molecule has 0 spiro atoms. The lowest BCUT2D eigenvalue weighted by molar-refractivity contribution is -0.162. The predicted octanol–water partition coefficient (Wildman–Crippen LogP) is 6.11. The maximum atomic E-state index is 13.0. The van der Waals surface area contributed by atoms with Crippen LogP contribution in [0.15, 0.2) is 30.3 Å². The Morgan fingerprint density at radius 1 is 0.380 bits per heavy atom. The fourth-order valence-electron chi connectivity index (χ4n) is 11.7. The van der Waals surface area contributed by atoms with E-state index in [1.165, 1.54) is 5.56 Å². The van der Waals surface area contributed by atoms with Gasteiger partial charge in [0.05, 0.1) is 27.7 Å². The Morgan fingerprint density at radius 3 is 0.930 bits per heavy atom. The molecule has 6 rings (SSSR count). The van der Waals surface area contributed by atoms with Gasteiger partial charge < -0.3 is 24.5 Å². The molecule has 5 aliphatic rings. The maximum Gasteiger partial charge on any atom is 0.242 e. The van der Waals surface area contributed by atoms with Crippen molar-refractivity contribution in [2.75, 3.05) is 87.1 Å². The minimum Gasteiger partial charge on any atom is -0.338 e. The van der Waals surface area contributed by atoms with Crippen LogP contribution in [0.25, 0.3) is 0 Å². The third-order valence-electron chi connectivity index (χ3n) is 17.1. The summed E-state index contributed by atoms with van der Waals surface area (Å²) in [6.07, 6.45) is 0. The number of piperazine rings is 5. The highest BCUT2D eigenvalue weighted by molar-refractivity contribution is 5.89. The summed E-state index contributed by atoms with van der Waals surface area (Å²) in [6.45, 7) is 47.9. The molecule has 5 fully saturated rings. The van der Waals surface area contributed by atoms with Crippen molar-refractivity contribution >= 4 is 29.5 Å². The van der Waals surface area contributed by atoms with Gasteiger partial charge in [-0.15, -0.1) is 0 Å². The van der Waals surface area contributed by atoms with E-state index in [4.69, 9.17) is 0 Å². The summed E-state index contributed by atoms with van der Waals surface area (Å²) in [7, 11) is 8.09. The highest BCUT2D eigenvalue weighted by Gasteiger charge is 2.53. The highest BCUT2D eigenvalue weighted by Crippen LogP contribution is 2.36. The van der Waals surface area contributed by atoms with E-state index in [2.05, 4.69) is 106 Å². The van der Waals surface area contributed by atoms with Crippen molar-refractivity contribution in [1.29, 1.82) is 0 Å². The molecule has 0 saturated carbocycles. The van der Waals surface area contributed by atoms with E-state index in [1.54, 1.807) is 0 Å². The predicted molar refractivity (Wildman–Crippen MR) is 290 cm³/mol. The van der Waals surface area contributed by atoms with Gasteiger partial charge in [-0.3, -0.25) is 48.9 Å². The first kappa shape index (κ1) is 61.7. The largest absolute Gasteiger partial charge is 0.338 e. The monoisotopic (exact) mass is 995 g/mol. The Balaban J connectivity index is 0.000000283. The Labute approximate surface area is 432 Å². The summed E-state index contributed by atoms with van der Waals surface area (Å²) in [5, 5.41) is 3.41. The molecule has 406 valence electrons. The molecular formula is C56H102N10O5. The van der Waals surface area contributed by atoms with E-state index in [0.29, 0.717) is 58.9 Å². The lowest BCUT2D eigenvalue weighted by Gasteiger charge is -2.55. The van der Waals surface area contributed by atoms with E-state index in [9.17, 15) is 24.0 Å². The van der Waals surface area contributed by atoms with Gasteiger partial charge in [0, 0.05) is 93.1 Å². The average Bonchev–Trinajstić information content (AvgIpc) is 3.23. The molecule has 5 aliphatic heterocycles. The Hall–Kier alpha value is -3.63. The van der Waals surface area contributed by atoms with Gasteiger partial charge in [-0.25, -0.2) is 0 Å². The van der Waals surface area contributed by atoms with Crippen LogP contribution in [0, 0.1) is 0 Å². The number of hydrogen-bond donors (Lipinski definition) is 1. The number of benzene rings is 1. The molecule has 1 aromatic rings. The SMILES string of the molecule is C.CN1C(C)(C)CN(CCN2CC(C)(C)N(C)C(C)(C)C2=O)C(=O)C1(C)C.CN1C(C)(C)CN(CCN2CC(C)(C)NC(C)(C)C2=O)C(=O)C1(C)C.CN1C(C)(C)CN(Cc2ccccc2)C(=O)C1(C)C. The summed E-state index contributed by atoms with van der Waals surface area (Å²) >= 11 is 0. The van der Waals surface area contributed by atoms with Gasteiger partial charge in [0.15, 0.2) is 0 Å². The third kappa shape index (κ3) is 12.7. The smallest absolute Gasteiger partial charge is 0.242 e. The van der Waals surface area contributed by atoms with E-state index in [0.717, 1.165) is 6.54 Å². The molecule has 15 heteroatoms. The number of carbonyl (C=O) groups excluding carboxylic acids is 5. The van der Waals surface area contributed by atoms with Crippen LogP contribution in [0.1, 0.15) is 151 Å². The summed E-state index contributed by atoms with van der Waals surface area (Å²) in [4.78, 5) is 82.6. The highest BCUT2D eigenvalue weighted by atomic mass is 16.2. The fourth-order valence-corrected chi connectivity index (χ4v) is 11.7. The summed E-state index contributed by atoms with van der Waals surface area (Å²) in [6, 6.07) is 10.2. The van der Waals surface area contributed by atoms with Crippen molar-refractivity contribution < 1.29 is 24.0 Å². The summed E-state index contributed by atoms with van der Waals surface area (Å²) in [5.74, 6) is 0.722. The maximum absolute atomic E-state index is 13.0. The van der Waals surface area contributed by atoms with E-state index in [1.807, 2.05) is 140 Å². The topological polar surface area (TPSA) is 127 Å². The first-order valence-electron chi connectivity index (χ1n) is 25.7. The number of hydrogen-bond acceptors (Lipinski definition) is 10. The van der Waals surface area contributed by atoms with Gasteiger partial charge in [-0.05, 0) is 172 Å². The van der Waals surface area contributed by atoms with Crippen LogP contribution in [0.2, 0.25) is 0 Å².